The Bertz CT molecular complexity index is 231. The molecular formula is C9H14N2O. The van der Waals surface area contributed by atoms with Crippen LogP contribution in [0.25, 0.3) is 0 Å². The Morgan fingerprint density at radius 2 is 2.00 bits per heavy atom. The van der Waals surface area contributed by atoms with Gasteiger partial charge >= 0.3 is 0 Å². The molecule has 0 unspecified atom stereocenters. The molecule has 0 aliphatic heterocycles. The van der Waals surface area contributed by atoms with Crippen molar-refractivity contribution in [3.05, 3.63) is 29.8 Å². The molecule has 1 aromatic carbocycles. The lowest BCUT2D eigenvalue weighted by molar-refractivity contribution is 0.389. The minimum atomic E-state index is 0.179. The molecule has 0 bridgehead atoms. The van der Waals surface area contributed by atoms with Crippen molar-refractivity contribution in [3.8, 4) is 0 Å². The molecular weight excluding hydrogens is 152 g/mol. The van der Waals surface area contributed by atoms with E-state index in [0.717, 1.165) is 6.42 Å². The molecule has 1 rings (SSSR count). The van der Waals surface area contributed by atoms with Crippen LogP contribution in [0, 0.1) is 0 Å². The largest absolute Gasteiger partial charge is 0.328 e. The van der Waals surface area contributed by atoms with Crippen molar-refractivity contribution < 1.29 is 5.21 Å². The van der Waals surface area contributed by atoms with Crippen molar-refractivity contribution in [1.82, 2.24) is 0 Å². The Hall–Kier alpha value is -1.06. The van der Waals surface area contributed by atoms with Crippen molar-refractivity contribution in [2.45, 2.75) is 19.4 Å². The van der Waals surface area contributed by atoms with Gasteiger partial charge in [-0.3, -0.25) is 10.7 Å². The lowest BCUT2D eigenvalue weighted by atomic mass is 10.1. The minimum absolute atomic E-state index is 0.179. The Morgan fingerprint density at radius 3 is 2.42 bits per heavy atom. The van der Waals surface area contributed by atoms with E-state index in [-0.39, 0.29) is 6.04 Å². The standard InChI is InChI=1S/C9H14N2O/c1-7(10)6-8-2-4-9(11-12)5-3-8/h2-5,7,11-12H,6,10H2,1H3/t7-/m1/s1. The first kappa shape index (κ1) is 9.03. The molecule has 0 saturated carbocycles. The lowest BCUT2D eigenvalue weighted by Gasteiger charge is -2.05. The zero-order chi connectivity index (χ0) is 8.97. The monoisotopic (exact) mass is 166 g/mol. The van der Waals surface area contributed by atoms with Gasteiger partial charge in [0.1, 0.15) is 0 Å². The average Bonchev–Trinajstić information content (AvgIpc) is 2.05. The molecule has 0 aliphatic rings. The molecule has 3 nitrogen and oxygen atoms in total. The van der Waals surface area contributed by atoms with Gasteiger partial charge in [0.15, 0.2) is 0 Å². The molecule has 3 heteroatoms. The maximum absolute atomic E-state index is 8.54. The van der Waals surface area contributed by atoms with Gasteiger partial charge in [-0.15, -0.1) is 0 Å². The van der Waals surface area contributed by atoms with E-state index in [1.165, 1.54) is 5.56 Å². The van der Waals surface area contributed by atoms with Crippen LogP contribution in [-0.4, -0.2) is 11.2 Å². The Morgan fingerprint density at radius 1 is 1.42 bits per heavy atom. The van der Waals surface area contributed by atoms with Gasteiger partial charge in [-0.25, -0.2) is 0 Å². The fraction of sp³-hybridized carbons (Fsp3) is 0.333. The van der Waals surface area contributed by atoms with Gasteiger partial charge in [-0.1, -0.05) is 12.1 Å². The van der Waals surface area contributed by atoms with Crippen molar-refractivity contribution in [3.63, 3.8) is 0 Å². The smallest absolute Gasteiger partial charge is 0.0602 e. The molecule has 0 amide bonds. The van der Waals surface area contributed by atoms with Crippen LogP contribution in [0.15, 0.2) is 24.3 Å². The van der Waals surface area contributed by atoms with Crippen LogP contribution in [0.5, 0.6) is 0 Å². The third-order valence-electron chi connectivity index (χ3n) is 1.64. The van der Waals surface area contributed by atoms with E-state index in [1.807, 2.05) is 31.2 Å². The highest BCUT2D eigenvalue weighted by atomic mass is 16.5. The van der Waals surface area contributed by atoms with Gasteiger partial charge in [0.25, 0.3) is 0 Å². The SMILES string of the molecule is C[C@@H](N)Cc1ccc(NO)cc1. The highest BCUT2D eigenvalue weighted by molar-refractivity contribution is 5.42. The first-order chi connectivity index (χ1) is 5.72. The summed E-state index contributed by atoms with van der Waals surface area (Å²) < 4.78 is 0. The second-order valence-electron chi connectivity index (χ2n) is 2.99. The predicted octanol–water partition coefficient (Wildman–Crippen LogP) is 1.38. The quantitative estimate of drug-likeness (QED) is 0.594. The molecule has 0 saturated heterocycles. The van der Waals surface area contributed by atoms with Crippen molar-refractivity contribution >= 4 is 5.69 Å². The predicted molar refractivity (Wildman–Crippen MR) is 49.2 cm³/mol. The van der Waals surface area contributed by atoms with Crippen LogP contribution in [0.2, 0.25) is 0 Å². The molecule has 12 heavy (non-hydrogen) atoms. The molecule has 0 aliphatic carbocycles. The number of hydrogen-bond donors (Lipinski definition) is 3. The third kappa shape index (κ3) is 2.53. The molecule has 0 aromatic heterocycles. The Balaban J connectivity index is 2.65. The van der Waals surface area contributed by atoms with Gasteiger partial charge in [-0.05, 0) is 31.0 Å². The molecule has 0 spiro atoms. The van der Waals surface area contributed by atoms with Crippen LogP contribution < -0.4 is 11.2 Å². The van der Waals surface area contributed by atoms with Gasteiger partial charge in [0.2, 0.25) is 0 Å². The fourth-order valence-electron chi connectivity index (χ4n) is 1.09. The van der Waals surface area contributed by atoms with Gasteiger partial charge < -0.3 is 5.73 Å². The van der Waals surface area contributed by atoms with Crippen molar-refractivity contribution in [2.24, 2.45) is 5.73 Å². The molecule has 0 radical (unpaired) electrons. The summed E-state index contributed by atoms with van der Waals surface area (Å²) in [6, 6.07) is 7.71. The van der Waals surface area contributed by atoms with E-state index in [9.17, 15) is 0 Å². The zero-order valence-electron chi connectivity index (χ0n) is 7.12. The van der Waals surface area contributed by atoms with Gasteiger partial charge in [0, 0.05) is 6.04 Å². The first-order valence-electron chi connectivity index (χ1n) is 3.97. The van der Waals surface area contributed by atoms with Crippen molar-refractivity contribution in [2.75, 3.05) is 5.48 Å². The zero-order valence-corrected chi connectivity index (χ0v) is 7.12. The topological polar surface area (TPSA) is 58.3 Å². The van der Waals surface area contributed by atoms with E-state index in [0.29, 0.717) is 5.69 Å². The number of anilines is 1. The number of hydrogen-bond acceptors (Lipinski definition) is 3. The maximum Gasteiger partial charge on any atom is 0.0602 e. The van der Waals surface area contributed by atoms with Gasteiger partial charge in [-0.2, -0.15) is 0 Å². The van der Waals surface area contributed by atoms with Crippen LogP contribution in [0.1, 0.15) is 12.5 Å². The summed E-state index contributed by atoms with van der Waals surface area (Å²) >= 11 is 0. The maximum atomic E-state index is 8.54. The summed E-state index contributed by atoms with van der Waals surface area (Å²) in [6.07, 6.45) is 0.867. The number of benzene rings is 1. The molecule has 1 atom stereocenters. The van der Waals surface area contributed by atoms with Gasteiger partial charge in [0.05, 0.1) is 5.69 Å². The number of rotatable bonds is 3. The summed E-state index contributed by atoms with van der Waals surface area (Å²) in [5.41, 5.74) is 9.59. The van der Waals surface area contributed by atoms with E-state index in [2.05, 4.69) is 5.48 Å². The van der Waals surface area contributed by atoms with E-state index >= 15 is 0 Å². The summed E-state index contributed by atoms with van der Waals surface area (Å²) in [6.45, 7) is 1.97. The summed E-state index contributed by atoms with van der Waals surface area (Å²) in [5.74, 6) is 0. The molecule has 0 heterocycles. The highest BCUT2D eigenvalue weighted by Crippen LogP contribution is 2.09. The van der Waals surface area contributed by atoms with Crippen molar-refractivity contribution in [1.29, 1.82) is 0 Å². The first-order valence-corrected chi connectivity index (χ1v) is 3.97. The summed E-state index contributed by atoms with van der Waals surface area (Å²) in [4.78, 5) is 0. The van der Waals surface area contributed by atoms with E-state index in [4.69, 9.17) is 10.9 Å². The number of nitrogens with two attached hydrogens (primary N) is 1. The van der Waals surface area contributed by atoms with Crippen LogP contribution in [0.4, 0.5) is 5.69 Å². The Labute approximate surface area is 72.2 Å². The van der Waals surface area contributed by atoms with E-state index in [1.54, 1.807) is 0 Å². The fourth-order valence-corrected chi connectivity index (χ4v) is 1.09. The van der Waals surface area contributed by atoms with Crippen LogP contribution in [-0.2, 0) is 6.42 Å². The molecule has 0 fully saturated rings. The molecule has 4 N–H and O–H groups in total. The second kappa shape index (κ2) is 4.09. The van der Waals surface area contributed by atoms with Crippen LogP contribution >= 0.6 is 0 Å². The lowest BCUT2D eigenvalue weighted by Crippen LogP contribution is -2.17. The van der Waals surface area contributed by atoms with Crippen LogP contribution in [0.3, 0.4) is 0 Å². The summed E-state index contributed by atoms with van der Waals surface area (Å²) in [5, 5.41) is 8.54. The summed E-state index contributed by atoms with van der Waals surface area (Å²) in [7, 11) is 0. The molecule has 1 aromatic rings. The number of nitrogens with one attached hydrogen (secondary N) is 1. The highest BCUT2D eigenvalue weighted by Gasteiger charge is 1.96. The minimum Gasteiger partial charge on any atom is -0.328 e. The normalized spacial score (nSPS) is 12.6. The second-order valence-corrected chi connectivity index (χ2v) is 2.99. The average molecular weight is 166 g/mol. The third-order valence-corrected chi connectivity index (χ3v) is 1.64. The van der Waals surface area contributed by atoms with E-state index < -0.39 is 0 Å². The Kier molecular flexibility index (Phi) is 3.08. The molecule has 66 valence electrons.